The van der Waals surface area contributed by atoms with Gasteiger partial charge in [-0.2, -0.15) is 0 Å². The zero-order valence-corrected chi connectivity index (χ0v) is 12.1. The first-order chi connectivity index (χ1) is 9.58. The molecule has 3 nitrogen and oxygen atoms in total. The molecule has 1 aromatic heterocycles. The van der Waals surface area contributed by atoms with Gasteiger partial charge in [0.15, 0.2) is 11.6 Å². The minimum atomic E-state index is -0.308. The average Bonchev–Trinajstić information content (AvgIpc) is 2.85. The van der Waals surface area contributed by atoms with Crippen LogP contribution < -0.4 is 10.1 Å². The quantitative estimate of drug-likeness (QED) is 0.872. The normalized spacial score (nSPS) is 11.1. The molecule has 0 aliphatic carbocycles. The first-order valence-electron chi connectivity index (χ1n) is 6.74. The third-order valence-electron chi connectivity index (χ3n) is 3.05. The fourth-order valence-corrected chi connectivity index (χ4v) is 1.84. The Labute approximate surface area is 118 Å². The number of hydrogen-bond donors (Lipinski definition) is 1. The molecule has 2 rings (SSSR count). The van der Waals surface area contributed by atoms with E-state index in [-0.39, 0.29) is 11.6 Å². The summed E-state index contributed by atoms with van der Waals surface area (Å²) >= 11 is 0. The first kappa shape index (κ1) is 14.6. The summed E-state index contributed by atoms with van der Waals surface area (Å²) in [5, 5.41) is 3.28. The molecule has 0 atom stereocenters. The standard InChI is InChI=1S/C16H20FNO2/c1-11(2)18-9-15-13(7-8-19-15)10-20-14-6-4-5-12(3)16(14)17/h4-8,11,18H,9-10H2,1-3H3. The smallest absolute Gasteiger partial charge is 0.167 e. The van der Waals surface area contributed by atoms with Crippen molar-refractivity contribution in [1.82, 2.24) is 5.32 Å². The van der Waals surface area contributed by atoms with E-state index in [0.29, 0.717) is 24.8 Å². The van der Waals surface area contributed by atoms with Gasteiger partial charge in [0.1, 0.15) is 12.4 Å². The minimum absolute atomic E-state index is 0.272. The number of benzene rings is 1. The van der Waals surface area contributed by atoms with Crippen molar-refractivity contribution in [2.24, 2.45) is 0 Å². The Balaban J connectivity index is 2.00. The Morgan fingerprint density at radius 2 is 2.10 bits per heavy atom. The van der Waals surface area contributed by atoms with Crippen molar-refractivity contribution in [2.45, 2.75) is 40.0 Å². The van der Waals surface area contributed by atoms with Crippen LogP contribution in [0.1, 0.15) is 30.7 Å². The highest BCUT2D eigenvalue weighted by molar-refractivity contribution is 5.30. The Hall–Kier alpha value is -1.81. The largest absolute Gasteiger partial charge is 0.486 e. The van der Waals surface area contributed by atoms with Gasteiger partial charge in [-0.15, -0.1) is 0 Å². The van der Waals surface area contributed by atoms with Crippen molar-refractivity contribution in [2.75, 3.05) is 0 Å². The predicted octanol–water partition coefficient (Wildman–Crippen LogP) is 3.80. The number of hydrogen-bond acceptors (Lipinski definition) is 3. The van der Waals surface area contributed by atoms with Crippen LogP contribution in [0.4, 0.5) is 4.39 Å². The van der Waals surface area contributed by atoms with E-state index in [9.17, 15) is 4.39 Å². The molecule has 0 aliphatic heterocycles. The topological polar surface area (TPSA) is 34.4 Å². The molecule has 0 fully saturated rings. The number of aryl methyl sites for hydroxylation is 1. The van der Waals surface area contributed by atoms with Crippen LogP contribution in [-0.4, -0.2) is 6.04 Å². The third-order valence-corrected chi connectivity index (χ3v) is 3.05. The number of nitrogens with one attached hydrogen (secondary N) is 1. The van der Waals surface area contributed by atoms with Crippen molar-refractivity contribution in [3.8, 4) is 5.75 Å². The van der Waals surface area contributed by atoms with E-state index in [1.165, 1.54) is 0 Å². The lowest BCUT2D eigenvalue weighted by molar-refractivity contribution is 0.285. The SMILES string of the molecule is Cc1cccc(OCc2ccoc2CNC(C)C)c1F. The van der Waals surface area contributed by atoms with Crippen molar-refractivity contribution >= 4 is 0 Å². The van der Waals surface area contributed by atoms with E-state index < -0.39 is 0 Å². The molecule has 108 valence electrons. The lowest BCUT2D eigenvalue weighted by Gasteiger charge is -2.10. The third kappa shape index (κ3) is 3.61. The van der Waals surface area contributed by atoms with Crippen LogP contribution in [0, 0.1) is 12.7 Å². The van der Waals surface area contributed by atoms with Crippen LogP contribution in [0.2, 0.25) is 0 Å². The zero-order chi connectivity index (χ0) is 14.5. The van der Waals surface area contributed by atoms with Crippen LogP contribution in [0.3, 0.4) is 0 Å². The molecule has 20 heavy (non-hydrogen) atoms. The summed E-state index contributed by atoms with van der Waals surface area (Å²) in [5.41, 5.74) is 1.51. The number of rotatable bonds is 6. The monoisotopic (exact) mass is 277 g/mol. The Morgan fingerprint density at radius 1 is 1.30 bits per heavy atom. The van der Waals surface area contributed by atoms with Gasteiger partial charge >= 0.3 is 0 Å². The van der Waals surface area contributed by atoms with Gasteiger partial charge in [-0.05, 0) is 24.6 Å². The summed E-state index contributed by atoms with van der Waals surface area (Å²) in [4.78, 5) is 0. The Morgan fingerprint density at radius 3 is 2.85 bits per heavy atom. The van der Waals surface area contributed by atoms with Gasteiger partial charge in [0, 0.05) is 11.6 Å². The molecule has 0 radical (unpaired) electrons. The number of ether oxygens (including phenoxy) is 1. The summed E-state index contributed by atoms with van der Waals surface area (Å²) in [6, 6.07) is 7.37. The highest BCUT2D eigenvalue weighted by atomic mass is 19.1. The van der Waals surface area contributed by atoms with Crippen molar-refractivity contribution in [3.63, 3.8) is 0 Å². The van der Waals surface area contributed by atoms with Gasteiger partial charge in [-0.25, -0.2) is 4.39 Å². The molecular weight excluding hydrogens is 257 g/mol. The summed E-state index contributed by atoms with van der Waals surface area (Å²) < 4.78 is 24.8. The van der Waals surface area contributed by atoms with Crippen LogP contribution in [0.5, 0.6) is 5.75 Å². The van der Waals surface area contributed by atoms with Gasteiger partial charge in [0.05, 0.1) is 12.8 Å². The molecule has 0 spiro atoms. The fraction of sp³-hybridized carbons (Fsp3) is 0.375. The summed E-state index contributed by atoms with van der Waals surface area (Å²) in [6.45, 7) is 6.80. The molecule has 0 amide bonds. The molecule has 0 saturated heterocycles. The molecule has 1 heterocycles. The second kappa shape index (κ2) is 6.57. The molecule has 1 aromatic carbocycles. The van der Waals surface area contributed by atoms with Crippen molar-refractivity contribution < 1.29 is 13.5 Å². The van der Waals surface area contributed by atoms with Crippen LogP contribution in [-0.2, 0) is 13.2 Å². The maximum Gasteiger partial charge on any atom is 0.167 e. The first-order valence-corrected chi connectivity index (χ1v) is 6.74. The molecule has 1 N–H and O–H groups in total. The van der Waals surface area contributed by atoms with Crippen molar-refractivity contribution in [1.29, 1.82) is 0 Å². The average molecular weight is 277 g/mol. The molecule has 2 aromatic rings. The second-order valence-electron chi connectivity index (χ2n) is 5.08. The van der Waals surface area contributed by atoms with E-state index in [2.05, 4.69) is 19.2 Å². The zero-order valence-electron chi connectivity index (χ0n) is 12.1. The lowest BCUT2D eigenvalue weighted by Crippen LogP contribution is -2.22. The van der Waals surface area contributed by atoms with Crippen LogP contribution >= 0.6 is 0 Å². The van der Waals surface area contributed by atoms with E-state index in [1.54, 1.807) is 31.4 Å². The Kier molecular flexibility index (Phi) is 4.79. The van der Waals surface area contributed by atoms with Crippen LogP contribution in [0.25, 0.3) is 0 Å². The van der Waals surface area contributed by atoms with Crippen molar-refractivity contribution in [3.05, 3.63) is 53.2 Å². The highest BCUT2D eigenvalue weighted by Gasteiger charge is 2.10. The van der Waals surface area contributed by atoms with Gasteiger partial charge in [0.25, 0.3) is 0 Å². The van der Waals surface area contributed by atoms with Crippen LogP contribution in [0.15, 0.2) is 34.9 Å². The van der Waals surface area contributed by atoms with E-state index >= 15 is 0 Å². The molecule has 0 unspecified atom stereocenters. The minimum Gasteiger partial charge on any atom is -0.486 e. The maximum atomic E-state index is 13.8. The molecule has 4 heteroatoms. The Bertz CT molecular complexity index is 563. The van der Waals surface area contributed by atoms with E-state index in [0.717, 1.165) is 11.3 Å². The van der Waals surface area contributed by atoms with E-state index in [4.69, 9.17) is 9.15 Å². The van der Waals surface area contributed by atoms with Gasteiger partial charge in [-0.1, -0.05) is 26.0 Å². The summed E-state index contributed by atoms with van der Waals surface area (Å²) in [7, 11) is 0. The number of halogens is 1. The molecule has 0 saturated carbocycles. The summed E-state index contributed by atoms with van der Waals surface area (Å²) in [6.07, 6.45) is 1.63. The van der Waals surface area contributed by atoms with Gasteiger partial charge < -0.3 is 14.5 Å². The molecule has 0 aliphatic rings. The van der Waals surface area contributed by atoms with E-state index in [1.807, 2.05) is 6.07 Å². The molecular formula is C16H20FNO2. The second-order valence-corrected chi connectivity index (χ2v) is 5.08. The number of furan rings is 1. The van der Waals surface area contributed by atoms with Gasteiger partial charge in [-0.3, -0.25) is 0 Å². The highest BCUT2D eigenvalue weighted by Crippen LogP contribution is 2.21. The fourth-order valence-electron chi connectivity index (χ4n) is 1.84. The predicted molar refractivity (Wildman–Crippen MR) is 76.2 cm³/mol. The maximum absolute atomic E-state index is 13.8. The summed E-state index contributed by atoms with van der Waals surface area (Å²) in [5.74, 6) is 0.790. The molecule has 0 bridgehead atoms. The lowest BCUT2D eigenvalue weighted by atomic mass is 10.2. The van der Waals surface area contributed by atoms with Gasteiger partial charge in [0.2, 0.25) is 0 Å².